The second-order valence-electron chi connectivity index (χ2n) is 5.98. The molecule has 21 heavy (non-hydrogen) atoms. The van der Waals surface area contributed by atoms with Crippen molar-refractivity contribution in [1.82, 2.24) is 15.1 Å². The van der Waals surface area contributed by atoms with Gasteiger partial charge in [0.05, 0.1) is 5.02 Å². The molecule has 2 atom stereocenters. The van der Waals surface area contributed by atoms with Gasteiger partial charge in [-0.05, 0) is 58.7 Å². The predicted octanol–water partition coefficient (Wildman–Crippen LogP) is 2.25. The van der Waals surface area contributed by atoms with Gasteiger partial charge in [-0.15, -0.1) is 0 Å². The van der Waals surface area contributed by atoms with Crippen LogP contribution in [0.2, 0.25) is 5.02 Å². The largest absolute Gasteiger partial charge is 0.315 e. The lowest BCUT2D eigenvalue weighted by molar-refractivity contribution is 0.181. The summed E-state index contributed by atoms with van der Waals surface area (Å²) in [5.41, 5.74) is 0.872. The average Bonchev–Trinajstić information content (AvgIpc) is 2.62. The zero-order chi connectivity index (χ0) is 15.4. The summed E-state index contributed by atoms with van der Waals surface area (Å²) in [6.45, 7) is 3.22. The molecule has 1 heterocycles. The van der Waals surface area contributed by atoms with Crippen molar-refractivity contribution in [3.05, 3.63) is 34.6 Å². The van der Waals surface area contributed by atoms with Crippen LogP contribution in [0.25, 0.3) is 0 Å². The molecular weight excluding hydrogens is 289 g/mol. The topological polar surface area (TPSA) is 18.5 Å². The van der Waals surface area contributed by atoms with Crippen molar-refractivity contribution in [2.24, 2.45) is 0 Å². The van der Waals surface area contributed by atoms with E-state index in [0.29, 0.717) is 6.04 Å². The van der Waals surface area contributed by atoms with Crippen LogP contribution in [0, 0.1) is 5.82 Å². The summed E-state index contributed by atoms with van der Waals surface area (Å²) in [4.78, 5) is 4.77. The van der Waals surface area contributed by atoms with E-state index in [0.717, 1.165) is 31.6 Å². The van der Waals surface area contributed by atoms with E-state index in [1.165, 1.54) is 12.5 Å². The van der Waals surface area contributed by atoms with Crippen molar-refractivity contribution in [2.75, 3.05) is 40.8 Å². The number of benzene rings is 1. The third-order valence-electron chi connectivity index (χ3n) is 4.42. The van der Waals surface area contributed by atoms with Crippen LogP contribution in [-0.4, -0.2) is 62.7 Å². The SMILES string of the molecule is CNC(Cc1cccc(F)c1Cl)C1CN(C)CCCN1C. The minimum absolute atomic E-state index is 0.245. The molecule has 1 saturated heterocycles. The molecule has 0 bridgehead atoms. The summed E-state index contributed by atoms with van der Waals surface area (Å²) in [5, 5.41) is 3.65. The van der Waals surface area contributed by atoms with E-state index in [9.17, 15) is 4.39 Å². The summed E-state index contributed by atoms with van der Waals surface area (Å²) in [5.74, 6) is -0.338. The second-order valence-corrected chi connectivity index (χ2v) is 6.35. The number of hydrogen-bond donors (Lipinski definition) is 1. The molecule has 1 aliphatic rings. The maximum absolute atomic E-state index is 13.6. The van der Waals surface area contributed by atoms with Gasteiger partial charge in [0.25, 0.3) is 0 Å². The number of nitrogens with zero attached hydrogens (tertiary/aromatic N) is 2. The Labute approximate surface area is 132 Å². The van der Waals surface area contributed by atoms with Gasteiger partial charge in [-0.3, -0.25) is 0 Å². The fourth-order valence-electron chi connectivity index (χ4n) is 3.11. The fourth-order valence-corrected chi connectivity index (χ4v) is 3.32. The Morgan fingerprint density at radius 3 is 2.86 bits per heavy atom. The van der Waals surface area contributed by atoms with Gasteiger partial charge in [-0.25, -0.2) is 4.39 Å². The number of halogens is 2. The van der Waals surface area contributed by atoms with E-state index in [1.54, 1.807) is 6.07 Å². The summed E-state index contributed by atoms with van der Waals surface area (Å²) >= 11 is 6.10. The van der Waals surface area contributed by atoms with Crippen LogP contribution in [0.3, 0.4) is 0 Å². The first kappa shape index (κ1) is 16.7. The molecule has 0 radical (unpaired) electrons. The van der Waals surface area contributed by atoms with Crippen molar-refractivity contribution in [3.63, 3.8) is 0 Å². The lowest BCUT2D eigenvalue weighted by Gasteiger charge is -2.34. The maximum atomic E-state index is 13.6. The Hall–Kier alpha value is -0.680. The molecule has 1 fully saturated rings. The van der Waals surface area contributed by atoms with Crippen LogP contribution in [0.1, 0.15) is 12.0 Å². The Bertz CT molecular complexity index is 469. The third-order valence-corrected chi connectivity index (χ3v) is 4.85. The third kappa shape index (κ3) is 4.16. The molecule has 1 aromatic carbocycles. The highest BCUT2D eigenvalue weighted by Gasteiger charge is 2.28. The van der Waals surface area contributed by atoms with Gasteiger partial charge in [-0.2, -0.15) is 0 Å². The zero-order valence-electron chi connectivity index (χ0n) is 13.1. The van der Waals surface area contributed by atoms with Crippen LogP contribution in [0.15, 0.2) is 18.2 Å². The highest BCUT2D eigenvalue weighted by atomic mass is 35.5. The van der Waals surface area contributed by atoms with Gasteiger partial charge in [0.1, 0.15) is 5.82 Å². The van der Waals surface area contributed by atoms with E-state index in [1.807, 2.05) is 13.1 Å². The molecular formula is C16H25ClFN3. The molecule has 3 nitrogen and oxygen atoms in total. The number of nitrogens with one attached hydrogen (secondary N) is 1. The Kier molecular flexibility index (Phi) is 5.99. The monoisotopic (exact) mass is 313 g/mol. The Morgan fingerprint density at radius 1 is 1.38 bits per heavy atom. The van der Waals surface area contributed by atoms with Gasteiger partial charge in [0.15, 0.2) is 0 Å². The van der Waals surface area contributed by atoms with Gasteiger partial charge in [-0.1, -0.05) is 23.7 Å². The molecule has 118 valence electrons. The van der Waals surface area contributed by atoms with E-state index in [-0.39, 0.29) is 16.9 Å². The van der Waals surface area contributed by atoms with Crippen LogP contribution >= 0.6 is 11.6 Å². The molecule has 2 unspecified atom stereocenters. The van der Waals surface area contributed by atoms with Crippen molar-refractivity contribution in [1.29, 1.82) is 0 Å². The molecule has 0 aliphatic carbocycles. The number of rotatable bonds is 4. The second kappa shape index (κ2) is 7.54. The van der Waals surface area contributed by atoms with E-state index >= 15 is 0 Å². The van der Waals surface area contributed by atoms with Crippen molar-refractivity contribution < 1.29 is 4.39 Å². The number of hydrogen-bond acceptors (Lipinski definition) is 3. The van der Waals surface area contributed by atoms with Crippen LogP contribution in [0.4, 0.5) is 4.39 Å². The predicted molar refractivity (Wildman–Crippen MR) is 86.5 cm³/mol. The highest BCUT2D eigenvalue weighted by Crippen LogP contribution is 2.23. The summed E-state index contributed by atoms with van der Waals surface area (Å²) < 4.78 is 13.6. The molecule has 0 aromatic heterocycles. The normalized spacial score (nSPS) is 23.0. The first-order valence-corrected chi connectivity index (χ1v) is 7.89. The van der Waals surface area contributed by atoms with Crippen molar-refractivity contribution in [2.45, 2.75) is 24.9 Å². The minimum atomic E-state index is -0.338. The van der Waals surface area contributed by atoms with E-state index < -0.39 is 0 Å². The van der Waals surface area contributed by atoms with Gasteiger partial charge < -0.3 is 15.1 Å². The standard InChI is InChI=1S/C16H25ClFN3/c1-19-14(10-12-6-4-7-13(18)16(12)17)15-11-20(2)8-5-9-21(15)3/h4,6-7,14-15,19H,5,8-11H2,1-3H3. The molecule has 1 aromatic rings. The van der Waals surface area contributed by atoms with Gasteiger partial charge >= 0.3 is 0 Å². The van der Waals surface area contributed by atoms with Crippen molar-refractivity contribution in [3.8, 4) is 0 Å². The fraction of sp³-hybridized carbons (Fsp3) is 0.625. The molecule has 0 saturated carbocycles. The van der Waals surface area contributed by atoms with E-state index in [4.69, 9.17) is 11.6 Å². The molecule has 0 spiro atoms. The van der Waals surface area contributed by atoms with E-state index in [2.05, 4.69) is 29.2 Å². The van der Waals surface area contributed by atoms with Crippen LogP contribution < -0.4 is 5.32 Å². The minimum Gasteiger partial charge on any atom is -0.315 e. The smallest absolute Gasteiger partial charge is 0.142 e. The lowest BCUT2D eigenvalue weighted by Crippen LogP contribution is -2.52. The van der Waals surface area contributed by atoms with Crippen LogP contribution in [-0.2, 0) is 6.42 Å². The summed E-state index contributed by atoms with van der Waals surface area (Å²) in [6, 6.07) is 5.69. The van der Waals surface area contributed by atoms with Gasteiger partial charge in [0, 0.05) is 18.6 Å². The average molecular weight is 314 g/mol. The molecule has 1 aliphatic heterocycles. The highest BCUT2D eigenvalue weighted by molar-refractivity contribution is 6.31. The summed E-state index contributed by atoms with van der Waals surface area (Å²) in [6.07, 6.45) is 1.91. The number of likely N-dealkylation sites (N-methyl/N-ethyl adjacent to an activating group) is 3. The molecule has 5 heteroatoms. The first-order valence-electron chi connectivity index (χ1n) is 7.52. The zero-order valence-corrected chi connectivity index (χ0v) is 13.8. The quantitative estimate of drug-likeness (QED) is 0.920. The molecule has 1 N–H and O–H groups in total. The molecule has 0 amide bonds. The lowest BCUT2D eigenvalue weighted by atomic mass is 9.98. The van der Waals surface area contributed by atoms with Gasteiger partial charge in [0.2, 0.25) is 0 Å². The van der Waals surface area contributed by atoms with Crippen LogP contribution in [0.5, 0.6) is 0 Å². The molecule has 2 rings (SSSR count). The Morgan fingerprint density at radius 2 is 2.14 bits per heavy atom. The van der Waals surface area contributed by atoms with Crippen molar-refractivity contribution >= 4 is 11.6 Å². The first-order chi connectivity index (χ1) is 10.0. The summed E-state index contributed by atoms with van der Waals surface area (Å²) in [7, 11) is 6.30. The Balaban J connectivity index is 2.16. The maximum Gasteiger partial charge on any atom is 0.142 e.